The molecule has 0 aliphatic carbocycles. The number of ether oxygens (including phenoxy) is 2. The molecule has 24 heavy (non-hydrogen) atoms. The monoisotopic (exact) mass is 326 g/mol. The lowest BCUT2D eigenvalue weighted by atomic mass is 9.93. The molecule has 0 aromatic heterocycles. The van der Waals surface area contributed by atoms with Gasteiger partial charge in [-0.25, -0.2) is 4.39 Å². The second kappa shape index (κ2) is 8.11. The van der Waals surface area contributed by atoms with Crippen LogP contribution < -0.4 is 4.74 Å². The fraction of sp³-hybridized carbons (Fsp3) is 0.333. The van der Waals surface area contributed by atoms with Gasteiger partial charge in [-0.15, -0.1) is 0 Å². The zero-order valence-electron chi connectivity index (χ0n) is 14.0. The highest BCUT2D eigenvalue weighted by Crippen LogP contribution is 2.32. The Morgan fingerprint density at radius 3 is 2.25 bits per heavy atom. The number of rotatable bonds is 5. The van der Waals surface area contributed by atoms with Crippen LogP contribution in [0.25, 0.3) is 11.1 Å². The van der Waals surface area contributed by atoms with E-state index in [1.165, 1.54) is 12.0 Å². The largest absolute Gasteiger partial charge is 0.463 e. The van der Waals surface area contributed by atoms with Gasteiger partial charge in [0, 0.05) is 5.92 Å². The smallest absolute Gasteiger partial charge is 0.228 e. The minimum absolute atomic E-state index is 0.195. The molecule has 2 unspecified atom stereocenters. The van der Waals surface area contributed by atoms with Crippen molar-refractivity contribution in [2.45, 2.75) is 25.9 Å². The van der Waals surface area contributed by atoms with Gasteiger partial charge in [0.15, 0.2) is 0 Å². The summed E-state index contributed by atoms with van der Waals surface area (Å²) < 4.78 is 23.0. The van der Waals surface area contributed by atoms with Gasteiger partial charge in [0.2, 0.25) is 6.86 Å². The van der Waals surface area contributed by atoms with Crippen LogP contribution in [0.15, 0.2) is 60.7 Å². The van der Waals surface area contributed by atoms with Crippen molar-refractivity contribution in [3.63, 3.8) is 0 Å². The molecule has 0 spiro atoms. The molecule has 1 aliphatic rings. The van der Waals surface area contributed by atoms with Crippen molar-refractivity contribution in [1.82, 2.24) is 0 Å². The lowest BCUT2D eigenvalue weighted by molar-refractivity contribution is -0.00524. The maximum absolute atomic E-state index is 12.2. The molecule has 1 aliphatic heterocycles. The van der Waals surface area contributed by atoms with E-state index < -0.39 is 6.86 Å². The number of hydrogen-bond donors (Lipinski definition) is 0. The van der Waals surface area contributed by atoms with Crippen LogP contribution in [0.4, 0.5) is 4.39 Å². The molecule has 1 saturated heterocycles. The van der Waals surface area contributed by atoms with Crippen LogP contribution in [-0.4, -0.2) is 13.5 Å². The summed E-state index contributed by atoms with van der Waals surface area (Å²) in [6.07, 6.45) is 6.76. The van der Waals surface area contributed by atoms with E-state index in [1.807, 2.05) is 12.1 Å². The lowest BCUT2D eigenvalue weighted by Crippen LogP contribution is -2.19. The number of benzene rings is 2. The molecule has 2 nitrogen and oxygen atoms in total. The predicted molar refractivity (Wildman–Crippen MR) is 94.7 cm³/mol. The minimum Gasteiger partial charge on any atom is -0.463 e. The van der Waals surface area contributed by atoms with E-state index in [9.17, 15) is 4.39 Å². The zero-order valence-corrected chi connectivity index (χ0v) is 14.0. The average Bonchev–Trinajstić information content (AvgIpc) is 2.64. The highest BCUT2D eigenvalue weighted by molar-refractivity contribution is 5.64. The third kappa shape index (κ3) is 4.04. The molecule has 0 N–H and O–H groups in total. The number of hydrogen-bond acceptors (Lipinski definition) is 2. The molecule has 2 aromatic carbocycles. The Balaban J connectivity index is 1.65. The van der Waals surface area contributed by atoms with E-state index >= 15 is 0 Å². The Hall–Kier alpha value is -2.13. The molecular weight excluding hydrogens is 303 g/mol. The Morgan fingerprint density at radius 2 is 1.71 bits per heavy atom. The van der Waals surface area contributed by atoms with Crippen LogP contribution >= 0.6 is 0 Å². The molecule has 0 amide bonds. The molecule has 126 valence electrons. The van der Waals surface area contributed by atoms with Gasteiger partial charge >= 0.3 is 0 Å². The summed E-state index contributed by atoms with van der Waals surface area (Å²) in [5.74, 6) is 1.10. The van der Waals surface area contributed by atoms with Crippen molar-refractivity contribution in [2.24, 2.45) is 5.92 Å². The maximum atomic E-state index is 12.2. The molecule has 2 aromatic rings. The number of alkyl halides is 1. The van der Waals surface area contributed by atoms with Crippen LogP contribution in [0.1, 0.15) is 31.4 Å². The van der Waals surface area contributed by atoms with Crippen molar-refractivity contribution in [3.8, 4) is 16.9 Å². The maximum Gasteiger partial charge on any atom is 0.228 e. The van der Waals surface area contributed by atoms with Gasteiger partial charge in [-0.05, 0) is 48.6 Å². The topological polar surface area (TPSA) is 18.5 Å². The van der Waals surface area contributed by atoms with E-state index in [2.05, 4.69) is 43.3 Å². The summed E-state index contributed by atoms with van der Waals surface area (Å²) in [5, 5.41) is 0. The van der Waals surface area contributed by atoms with Crippen LogP contribution in [0, 0.1) is 5.92 Å². The standard InChI is InChI=1S/C21H23FO2/c1-2-3-16-4-13-21(23-14-16)19-7-5-17(6-8-19)18-9-11-20(12-10-18)24-15-22/h2-3,5-12,16,21H,4,13-15H2,1H3/b3-2+. The molecule has 0 radical (unpaired) electrons. The molecule has 1 fully saturated rings. The summed E-state index contributed by atoms with van der Waals surface area (Å²) in [7, 11) is 0. The molecule has 2 atom stereocenters. The third-order valence-corrected chi connectivity index (χ3v) is 4.47. The van der Waals surface area contributed by atoms with Gasteiger partial charge in [-0.1, -0.05) is 48.6 Å². The van der Waals surface area contributed by atoms with Crippen molar-refractivity contribution in [2.75, 3.05) is 13.5 Å². The van der Waals surface area contributed by atoms with Crippen LogP contribution in [0.3, 0.4) is 0 Å². The fourth-order valence-electron chi connectivity index (χ4n) is 3.16. The molecule has 3 rings (SSSR count). The van der Waals surface area contributed by atoms with Crippen LogP contribution in [-0.2, 0) is 4.74 Å². The van der Waals surface area contributed by atoms with Crippen molar-refractivity contribution < 1.29 is 13.9 Å². The zero-order chi connectivity index (χ0) is 16.8. The molecule has 1 heterocycles. The Labute approximate surface area is 142 Å². The van der Waals surface area contributed by atoms with E-state index in [0.29, 0.717) is 11.7 Å². The second-order valence-electron chi connectivity index (χ2n) is 6.09. The second-order valence-corrected chi connectivity index (χ2v) is 6.09. The van der Waals surface area contributed by atoms with Gasteiger partial charge in [0.25, 0.3) is 0 Å². The number of allylic oxidation sites excluding steroid dienone is 1. The van der Waals surface area contributed by atoms with Crippen LogP contribution in [0.5, 0.6) is 5.75 Å². The molecule has 3 heteroatoms. The van der Waals surface area contributed by atoms with E-state index in [1.54, 1.807) is 12.1 Å². The summed E-state index contributed by atoms with van der Waals surface area (Å²) in [4.78, 5) is 0. The summed E-state index contributed by atoms with van der Waals surface area (Å²) in [6.45, 7) is 2.05. The number of halogens is 1. The van der Waals surface area contributed by atoms with E-state index in [0.717, 1.165) is 24.2 Å². The van der Waals surface area contributed by atoms with Gasteiger partial charge in [-0.3, -0.25) is 0 Å². The van der Waals surface area contributed by atoms with Gasteiger partial charge in [0.1, 0.15) is 5.75 Å². The first-order chi connectivity index (χ1) is 11.8. The first kappa shape index (κ1) is 16.7. The lowest BCUT2D eigenvalue weighted by Gasteiger charge is -2.27. The van der Waals surface area contributed by atoms with E-state index in [4.69, 9.17) is 9.47 Å². The Morgan fingerprint density at radius 1 is 1.04 bits per heavy atom. The highest BCUT2D eigenvalue weighted by Gasteiger charge is 2.21. The Kier molecular flexibility index (Phi) is 5.65. The highest BCUT2D eigenvalue weighted by atomic mass is 19.1. The molecular formula is C21H23FO2. The summed E-state index contributed by atoms with van der Waals surface area (Å²) in [6, 6.07) is 16.0. The quantitative estimate of drug-likeness (QED) is 0.656. The minimum atomic E-state index is -0.801. The van der Waals surface area contributed by atoms with Gasteiger partial charge in [-0.2, -0.15) is 0 Å². The van der Waals surface area contributed by atoms with Gasteiger partial charge < -0.3 is 9.47 Å². The van der Waals surface area contributed by atoms with Crippen molar-refractivity contribution >= 4 is 0 Å². The summed E-state index contributed by atoms with van der Waals surface area (Å²) >= 11 is 0. The first-order valence-electron chi connectivity index (χ1n) is 8.43. The van der Waals surface area contributed by atoms with Crippen molar-refractivity contribution in [1.29, 1.82) is 0 Å². The SMILES string of the molecule is C/C=C/C1CCC(c2ccc(-c3ccc(OCF)cc3)cc2)OC1. The third-order valence-electron chi connectivity index (χ3n) is 4.47. The predicted octanol–water partition coefficient (Wildman–Crippen LogP) is 5.70. The van der Waals surface area contributed by atoms with Gasteiger partial charge in [0.05, 0.1) is 12.7 Å². The summed E-state index contributed by atoms with van der Waals surface area (Å²) in [5.41, 5.74) is 3.45. The first-order valence-corrected chi connectivity index (χ1v) is 8.43. The average molecular weight is 326 g/mol. The molecule has 0 saturated carbocycles. The van der Waals surface area contributed by atoms with E-state index in [-0.39, 0.29) is 6.10 Å². The Bertz CT molecular complexity index is 653. The fourth-order valence-corrected chi connectivity index (χ4v) is 3.16. The normalized spacial score (nSPS) is 21.1. The van der Waals surface area contributed by atoms with Crippen molar-refractivity contribution in [3.05, 3.63) is 66.2 Å². The molecule has 0 bridgehead atoms. The van der Waals surface area contributed by atoms with Crippen LogP contribution in [0.2, 0.25) is 0 Å².